The summed E-state index contributed by atoms with van der Waals surface area (Å²) < 4.78 is 13.3. The van der Waals surface area contributed by atoms with Gasteiger partial charge in [0.25, 0.3) is 5.91 Å². The average Bonchev–Trinajstić information content (AvgIpc) is 3.02. The van der Waals surface area contributed by atoms with E-state index in [-0.39, 0.29) is 28.0 Å². The standard InChI is InChI=1S/C16H12Cl2FN3O2/c17-11-5-10(6-12(18)15(11)20)21-16(23)14-7-13(22-24-14)8-2-1-3-9(19)4-8/h1-6,14H,7,20H2,(H,21,23)/t14-/m1/s1. The van der Waals surface area contributed by atoms with Gasteiger partial charge in [0.1, 0.15) is 5.82 Å². The smallest absolute Gasteiger partial charge is 0.268 e. The van der Waals surface area contributed by atoms with Gasteiger partial charge in [0.2, 0.25) is 6.10 Å². The molecule has 0 bridgehead atoms. The summed E-state index contributed by atoms with van der Waals surface area (Å²) in [5.74, 6) is -0.795. The third-order valence-corrected chi connectivity index (χ3v) is 4.09. The molecule has 0 aliphatic carbocycles. The number of carbonyl (C=O) groups excluding carboxylic acids is 1. The molecule has 3 N–H and O–H groups in total. The number of nitrogen functional groups attached to an aromatic ring is 1. The lowest BCUT2D eigenvalue weighted by Gasteiger charge is -2.11. The second-order valence-corrected chi connectivity index (χ2v) is 6.00. The third kappa shape index (κ3) is 3.44. The van der Waals surface area contributed by atoms with Gasteiger partial charge in [-0.15, -0.1) is 0 Å². The van der Waals surface area contributed by atoms with Crippen molar-refractivity contribution in [3.8, 4) is 0 Å². The minimum atomic E-state index is -0.821. The molecule has 0 saturated carbocycles. The number of benzene rings is 2. The molecule has 0 radical (unpaired) electrons. The van der Waals surface area contributed by atoms with Crippen molar-refractivity contribution in [1.82, 2.24) is 0 Å². The van der Waals surface area contributed by atoms with Gasteiger partial charge in [-0.1, -0.05) is 40.5 Å². The molecule has 2 aromatic carbocycles. The number of nitrogens with two attached hydrogens (primary N) is 1. The third-order valence-electron chi connectivity index (χ3n) is 3.47. The zero-order valence-electron chi connectivity index (χ0n) is 12.2. The van der Waals surface area contributed by atoms with Gasteiger partial charge in [-0.25, -0.2) is 4.39 Å². The predicted molar refractivity (Wildman–Crippen MR) is 91.9 cm³/mol. The van der Waals surface area contributed by atoms with Crippen LogP contribution in [0.3, 0.4) is 0 Å². The molecule has 24 heavy (non-hydrogen) atoms. The van der Waals surface area contributed by atoms with Gasteiger partial charge < -0.3 is 15.9 Å². The van der Waals surface area contributed by atoms with Gasteiger partial charge in [-0.3, -0.25) is 4.79 Å². The van der Waals surface area contributed by atoms with Gasteiger partial charge in [0.15, 0.2) is 0 Å². The van der Waals surface area contributed by atoms with Crippen molar-refractivity contribution in [3.63, 3.8) is 0 Å². The second kappa shape index (κ2) is 6.67. The Labute approximate surface area is 147 Å². The summed E-state index contributed by atoms with van der Waals surface area (Å²) in [6, 6.07) is 8.92. The first-order valence-corrected chi connectivity index (χ1v) is 7.73. The van der Waals surface area contributed by atoms with Gasteiger partial charge in [0, 0.05) is 17.7 Å². The molecule has 1 aliphatic rings. The maximum absolute atomic E-state index is 13.3. The predicted octanol–water partition coefficient (Wildman–Crippen LogP) is 3.85. The van der Waals surface area contributed by atoms with E-state index >= 15 is 0 Å². The number of oxime groups is 1. The molecular weight excluding hydrogens is 356 g/mol. The molecule has 3 rings (SSSR count). The van der Waals surface area contributed by atoms with E-state index in [1.54, 1.807) is 12.1 Å². The molecule has 0 aromatic heterocycles. The van der Waals surface area contributed by atoms with Crippen LogP contribution in [0.25, 0.3) is 0 Å². The number of carbonyl (C=O) groups is 1. The minimum absolute atomic E-state index is 0.228. The van der Waals surface area contributed by atoms with Crippen molar-refractivity contribution in [2.75, 3.05) is 11.1 Å². The van der Waals surface area contributed by atoms with Crippen molar-refractivity contribution in [3.05, 3.63) is 57.8 Å². The summed E-state index contributed by atoms with van der Waals surface area (Å²) in [6.07, 6.45) is -0.593. The average molecular weight is 368 g/mol. The second-order valence-electron chi connectivity index (χ2n) is 5.19. The van der Waals surface area contributed by atoms with E-state index in [1.165, 1.54) is 24.3 Å². The fourth-order valence-electron chi connectivity index (χ4n) is 2.24. The Kier molecular flexibility index (Phi) is 4.59. The molecule has 0 saturated heterocycles. The van der Waals surface area contributed by atoms with Crippen molar-refractivity contribution in [2.24, 2.45) is 5.16 Å². The van der Waals surface area contributed by atoms with E-state index in [1.807, 2.05) is 0 Å². The molecule has 0 unspecified atom stereocenters. The largest absolute Gasteiger partial charge is 0.396 e. The van der Waals surface area contributed by atoms with Crippen LogP contribution in [0.5, 0.6) is 0 Å². The molecule has 124 valence electrons. The van der Waals surface area contributed by atoms with E-state index in [4.69, 9.17) is 33.8 Å². The lowest BCUT2D eigenvalue weighted by Crippen LogP contribution is -2.28. The quantitative estimate of drug-likeness (QED) is 0.808. The van der Waals surface area contributed by atoms with Crippen LogP contribution >= 0.6 is 23.2 Å². The molecule has 1 amide bonds. The molecule has 1 atom stereocenters. The number of anilines is 2. The summed E-state index contributed by atoms with van der Waals surface area (Å²) >= 11 is 11.9. The lowest BCUT2D eigenvalue weighted by molar-refractivity contribution is -0.125. The summed E-state index contributed by atoms with van der Waals surface area (Å²) in [5.41, 5.74) is 7.36. The van der Waals surface area contributed by atoms with Gasteiger partial charge in [-0.05, 0) is 24.3 Å². The zero-order valence-corrected chi connectivity index (χ0v) is 13.7. The Hall–Kier alpha value is -2.31. The number of halogens is 3. The number of nitrogens with one attached hydrogen (secondary N) is 1. The van der Waals surface area contributed by atoms with Crippen LogP contribution in [-0.2, 0) is 9.63 Å². The molecule has 0 spiro atoms. The van der Waals surface area contributed by atoms with Crippen molar-refractivity contribution < 1.29 is 14.0 Å². The Balaban J connectivity index is 1.68. The number of hydrogen-bond acceptors (Lipinski definition) is 4. The lowest BCUT2D eigenvalue weighted by atomic mass is 10.0. The molecule has 8 heteroatoms. The van der Waals surface area contributed by atoms with Crippen LogP contribution in [0.15, 0.2) is 41.6 Å². The highest BCUT2D eigenvalue weighted by Gasteiger charge is 2.29. The molecule has 2 aromatic rings. The minimum Gasteiger partial charge on any atom is -0.396 e. The highest BCUT2D eigenvalue weighted by atomic mass is 35.5. The van der Waals surface area contributed by atoms with Crippen LogP contribution in [0.1, 0.15) is 12.0 Å². The number of hydrogen-bond donors (Lipinski definition) is 2. The summed E-state index contributed by atoms with van der Waals surface area (Å²) in [4.78, 5) is 17.4. The van der Waals surface area contributed by atoms with Crippen LogP contribution in [0, 0.1) is 5.82 Å². The van der Waals surface area contributed by atoms with E-state index in [2.05, 4.69) is 10.5 Å². The Morgan fingerprint density at radius 3 is 2.67 bits per heavy atom. The highest BCUT2D eigenvalue weighted by molar-refractivity contribution is 6.39. The molecule has 1 aliphatic heterocycles. The Bertz CT molecular complexity index is 819. The van der Waals surface area contributed by atoms with Crippen LogP contribution in [0.2, 0.25) is 10.0 Å². The molecule has 5 nitrogen and oxygen atoms in total. The normalized spacial score (nSPS) is 16.5. The van der Waals surface area contributed by atoms with E-state index in [9.17, 15) is 9.18 Å². The fraction of sp³-hybridized carbons (Fsp3) is 0.125. The molecule has 1 heterocycles. The maximum Gasteiger partial charge on any atom is 0.268 e. The van der Waals surface area contributed by atoms with Crippen LogP contribution < -0.4 is 11.1 Å². The van der Waals surface area contributed by atoms with Crippen molar-refractivity contribution in [1.29, 1.82) is 0 Å². The Morgan fingerprint density at radius 2 is 2.00 bits per heavy atom. The summed E-state index contributed by atoms with van der Waals surface area (Å²) in [6.45, 7) is 0. The van der Waals surface area contributed by atoms with Gasteiger partial charge in [0.05, 0.1) is 21.4 Å². The Morgan fingerprint density at radius 1 is 1.29 bits per heavy atom. The fourth-order valence-corrected chi connectivity index (χ4v) is 2.72. The van der Waals surface area contributed by atoms with Gasteiger partial charge in [-0.2, -0.15) is 0 Å². The molecule has 0 fully saturated rings. The SMILES string of the molecule is Nc1c(Cl)cc(NC(=O)[C@H]2CC(c3cccc(F)c3)=NO2)cc1Cl. The van der Waals surface area contributed by atoms with E-state index in [0.717, 1.165) is 0 Å². The first-order chi connectivity index (χ1) is 11.4. The van der Waals surface area contributed by atoms with Crippen LogP contribution in [-0.4, -0.2) is 17.7 Å². The summed E-state index contributed by atoms with van der Waals surface area (Å²) in [7, 11) is 0. The monoisotopic (exact) mass is 367 g/mol. The molecular formula is C16H12Cl2FN3O2. The first-order valence-electron chi connectivity index (χ1n) is 6.98. The number of rotatable bonds is 3. The number of amides is 1. The maximum atomic E-state index is 13.3. The van der Waals surface area contributed by atoms with Crippen molar-refractivity contribution in [2.45, 2.75) is 12.5 Å². The topological polar surface area (TPSA) is 76.7 Å². The van der Waals surface area contributed by atoms with E-state index < -0.39 is 12.0 Å². The number of nitrogens with zero attached hydrogens (tertiary/aromatic N) is 1. The highest BCUT2D eigenvalue weighted by Crippen LogP contribution is 2.31. The van der Waals surface area contributed by atoms with Gasteiger partial charge >= 0.3 is 0 Å². The first kappa shape index (κ1) is 16.5. The van der Waals surface area contributed by atoms with E-state index in [0.29, 0.717) is 17.0 Å². The van der Waals surface area contributed by atoms with Crippen LogP contribution in [0.4, 0.5) is 15.8 Å². The van der Waals surface area contributed by atoms with Crippen molar-refractivity contribution >= 4 is 46.2 Å². The zero-order chi connectivity index (χ0) is 17.3. The summed E-state index contributed by atoms with van der Waals surface area (Å²) in [5, 5.41) is 6.97.